The van der Waals surface area contributed by atoms with Gasteiger partial charge in [0.05, 0.1) is 5.92 Å². The molecule has 0 amide bonds. The fraction of sp³-hybridized carbons (Fsp3) is 0.800. The molecule has 2 heteroatoms. The Labute approximate surface area is 73.3 Å². The van der Waals surface area contributed by atoms with Crippen LogP contribution in [0.25, 0.3) is 0 Å². The lowest BCUT2D eigenvalue weighted by Gasteiger charge is -2.29. The van der Waals surface area contributed by atoms with Crippen LogP contribution < -0.4 is 0 Å². The first kappa shape index (κ1) is 9.43. The molecule has 3 atom stereocenters. The van der Waals surface area contributed by atoms with Gasteiger partial charge in [0, 0.05) is 5.92 Å². The van der Waals surface area contributed by atoms with Crippen molar-refractivity contribution in [2.75, 3.05) is 0 Å². The van der Waals surface area contributed by atoms with Gasteiger partial charge >= 0.3 is 0 Å². The molecule has 1 rings (SSSR count). The molecular formula is C10H16O2. The predicted octanol–water partition coefficient (Wildman–Crippen LogP) is 1.83. The van der Waals surface area contributed by atoms with E-state index in [4.69, 9.17) is 0 Å². The van der Waals surface area contributed by atoms with Crippen LogP contribution in [-0.2, 0) is 9.59 Å². The third kappa shape index (κ3) is 1.57. The molecule has 2 nitrogen and oxygen atoms in total. The van der Waals surface area contributed by atoms with E-state index in [1.54, 1.807) is 0 Å². The Bertz CT molecular complexity index is 208. The molecule has 0 aromatic rings. The van der Waals surface area contributed by atoms with Crippen LogP contribution in [-0.4, -0.2) is 11.6 Å². The van der Waals surface area contributed by atoms with Crippen LogP contribution >= 0.6 is 0 Å². The molecule has 12 heavy (non-hydrogen) atoms. The van der Waals surface area contributed by atoms with Gasteiger partial charge in [0.1, 0.15) is 11.6 Å². The van der Waals surface area contributed by atoms with Gasteiger partial charge < -0.3 is 0 Å². The average molecular weight is 168 g/mol. The van der Waals surface area contributed by atoms with E-state index in [1.165, 1.54) is 6.92 Å². The first-order valence-electron chi connectivity index (χ1n) is 4.58. The zero-order valence-electron chi connectivity index (χ0n) is 7.96. The summed E-state index contributed by atoms with van der Waals surface area (Å²) in [5.41, 5.74) is 0. The molecule has 1 saturated carbocycles. The minimum atomic E-state index is -0.311. The zero-order chi connectivity index (χ0) is 9.30. The minimum Gasteiger partial charge on any atom is -0.299 e. The monoisotopic (exact) mass is 168 g/mol. The van der Waals surface area contributed by atoms with E-state index in [1.807, 2.05) is 13.8 Å². The quantitative estimate of drug-likeness (QED) is 0.560. The summed E-state index contributed by atoms with van der Waals surface area (Å²) in [5.74, 6) is 0.232. The Kier molecular flexibility index (Phi) is 2.65. The van der Waals surface area contributed by atoms with Gasteiger partial charge in [-0.2, -0.15) is 0 Å². The second-order valence-corrected chi connectivity index (χ2v) is 3.95. The van der Waals surface area contributed by atoms with Gasteiger partial charge in [-0.3, -0.25) is 9.59 Å². The maximum Gasteiger partial charge on any atom is 0.146 e. The fourth-order valence-electron chi connectivity index (χ4n) is 2.01. The highest BCUT2D eigenvalue weighted by molar-refractivity contribution is 6.02. The maximum absolute atomic E-state index is 11.6. The molecule has 1 aliphatic carbocycles. The van der Waals surface area contributed by atoms with E-state index >= 15 is 0 Å². The van der Waals surface area contributed by atoms with Crippen LogP contribution in [0, 0.1) is 17.8 Å². The Hall–Kier alpha value is -0.660. The molecule has 0 heterocycles. The highest BCUT2D eigenvalue weighted by Crippen LogP contribution is 2.30. The zero-order valence-corrected chi connectivity index (χ0v) is 7.96. The van der Waals surface area contributed by atoms with E-state index in [2.05, 4.69) is 0 Å². The molecule has 0 radical (unpaired) electrons. The summed E-state index contributed by atoms with van der Waals surface area (Å²) in [6.07, 6.45) is 1.96. The molecule has 1 fully saturated rings. The van der Waals surface area contributed by atoms with Crippen LogP contribution in [0.3, 0.4) is 0 Å². The molecule has 0 aromatic carbocycles. The van der Waals surface area contributed by atoms with Gasteiger partial charge in [0.25, 0.3) is 0 Å². The van der Waals surface area contributed by atoms with Crippen molar-refractivity contribution < 1.29 is 9.59 Å². The van der Waals surface area contributed by atoms with E-state index in [-0.39, 0.29) is 29.3 Å². The summed E-state index contributed by atoms with van der Waals surface area (Å²) < 4.78 is 0. The maximum atomic E-state index is 11.6. The molecular weight excluding hydrogens is 152 g/mol. The van der Waals surface area contributed by atoms with Crippen LogP contribution in [0.1, 0.15) is 33.6 Å². The van der Waals surface area contributed by atoms with Crippen LogP contribution in [0.5, 0.6) is 0 Å². The molecule has 0 N–H and O–H groups in total. The lowest BCUT2D eigenvalue weighted by Crippen LogP contribution is -2.36. The Morgan fingerprint density at radius 2 is 1.92 bits per heavy atom. The van der Waals surface area contributed by atoms with Gasteiger partial charge in [-0.15, -0.1) is 0 Å². The number of Topliss-reactive ketones (excluding diaryl/α,β-unsaturated/α-hetero) is 2. The third-order valence-corrected chi connectivity index (χ3v) is 2.85. The van der Waals surface area contributed by atoms with E-state index < -0.39 is 0 Å². The Balaban J connectivity index is 2.79. The first-order valence-corrected chi connectivity index (χ1v) is 4.58. The van der Waals surface area contributed by atoms with Crippen molar-refractivity contribution >= 4 is 11.6 Å². The topological polar surface area (TPSA) is 34.1 Å². The van der Waals surface area contributed by atoms with Crippen LogP contribution in [0.4, 0.5) is 0 Å². The van der Waals surface area contributed by atoms with E-state index in [0.29, 0.717) is 0 Å². The van der Waals surface area contributed by atoms with E-state index in [9.17, 15) is 9.59 Å². The van der Waals surface area contributed by atoms with Crippen molar-refractivity contribution in [2.24, 2.45) is 17.8 Å². The second-order valence-electron chi connectivity index (χ2n) is 3.95. The van der Waals surface area contributed by atoms with Gasteiger partial charge in [-0.1, -0.05) is 13.8 Å². The summed E-state index contributed by atoms with van der Waals surface area (Å²) in [6, 6.07) is 0. The molecule has 0 aliphatic heterocycles. The van der Waals surface area contributed by atoms with Crippen molar-refractivity contribution in [1.29, 1.82) is 0 Å². The minimum absolute atomic E-state index is 0.0408. The van der Waals surface area contributed by atoms with Crippen molar-refractivity contribution in [2.45, 2.75) is 33.6 Å². The van der Waals surface area contributed by atoms with Crippen LogP contribution in [0.15, 0.2) is 0 Å². The van der Waals surface area contributed by atoms with Crippen molar-refractivity contribution in [3.05, 3.63) is 0 Å². The summed E-state index contributed by atoms with van der Waals surface area (Å²) in [4.78, 5) is 22.7. The SMILES string of the molecule is CC(=O)C1C(=O)C(C)CCC1C. The number of ketones is 2. The normalized spacial score (nSPS) is 36.6. The van der Waals surface area contributed by atoms with Crippen molar-refractivity contribution in [1.82, 2.24) is 0 Å². The molecule has 0 aromatic heterocycles. The number of carbonyl (C=O) groups is 2. The lowest BCUT2D eigenvalue weighted by molar-refractivity contribution is -0.138. The van der Waals surface area contributed by atoms with Gasteiger partial charge in [0.15, 0.2) is 0 Å². The number of carbonyl (C=O) groups excluding carboxylic acids is 2. The van der Waals surface area contributed by atoms with Gasteiger partial charge in [-0.25, -0.2) is 0 Å². The summed E-state index contributed by atoms with van der Waals surface area (Å²) in [6.45, 7) is 5.44. The average Bonchev–Trinajstić information content (AvgIpc) is 1.97. The highest BCUT2D eigenvalue weighted by atomic mass is 16.1. The number of hydrogen-bond acceptors (Lipinski definition) is 2. The van der Waals surface area contributed by atoms with E-state index in [0.717, 1.165) is 12.8 Å². The molecule has 68 valence electrons. The molecule has 0 bridgehead atoms. The first-order chi connectivity index (χ1) is 5.54. The highest BCUT2D eigenvalue weighted by Gasteiger charge is 2.36. The number of hydrogen-bond donors (Lipinski definition) is 0. The molecule has 1 aliphatic rings. The van der Waals surface area contributed by atoms with Gasteiger partial charge in [0.2, 0.25) is 0 Å². The Morgan fingerprint density at radius 3 is 2.33 bits per heavy atom. The summed E-state index contributed by atoms with van der Waals surface area (Å²) >= 11 is 0. The van der Waals surface area contributed by atoms with Crippen molar-refractivity contribution in [3.63, 3.8) is 0 Å². The Morgan fingerprint density at radius 1 is 1.33 bits per heavy atom. The summed E-state index contributed by atoms with van der Waals surface area (Å²) in [7, 11) is 0. The van der Waals surface area contributed by atoms with Crippen LogP contribution in [0.2, 0.25) is 0 Å². The lowest BCUT2D eigenvalue weighted by atomic mass is 9.73. The molecule has 0 spiro atoms. The molecule has 0 saturated heterocycles. The second kappa shape index (κ2) is 3.38. The van der Waals surface area contributed by atoms with Crippen molar-refractivity contribution in [3.8, 4) is 0 Å². The predicted molar refractivity (Wildman–Crippen MR) is 46.7 cm³/mol. The molecule has 3 unspecified atom stereocenters. The number of rotatable bonds is 1. The largest absolute Gasteiger partial charge is 0.299 e. The third-order valence-electron chi connectivity index (χ3n) is 2.85. The smallest absolute Gasteiger partial charge is 0.146 e. The standard InChI is InChI=1S/C10H16O2/c1-6-4-5-7(2)10(12)9(6)8(3)11/h6-7,9H,4-5H2,1-3H3. The summed E-state index contributed by atoms with van der Waals surface area (Å²) in [5, 5.41) is 0. The fourth-order valence-corrected chi connectivity index (χ4v) is 2.01. The van der Waals surface area contributed by atoms with Gasteiger partial charge in [-0.05, 0) is 25.7 Å².